The quantitative estimate of drug-likeness (QED) is 0.791. The van der Waals surface area contributed by atoms with Gasteiger partial charge in [-0.1, -0.05) is 19.4 Å². The molecule has 4 heteroatoms. The van der Waals surface area contributed by atoms with Crippen molar-refractivity contribution in [3.8, 4) is 11.5 Å². The molecule has 4 nitrogen and oxygen atoms in total. The summed E-state index contributed by atoms with van der Waals surface area (Å²) < 4.78 is 10.2. The third-order valence-corrected chi connectivity index (χ3v) is 2.62. The van der Waals surface area contributed by atoms with Crippen molar-refractivity contribution in [2.45, 2.75) is 39.2 Å². The van der Waals surface area contributed by atoms with E-state index < -0.39 is 0 Å². The van der Waals surface area contributed by atoms with Crippen molar-refractivity contribution < 1.29 is 19.4 Å². The van der Waals surface area contributed by atoms with Crippen LogP contribution in [0.4, 0.5) is 0 Å². The first-order valence-corrected chi connectivity index (χ1v) is 6.12. The van der Waals surface area contributed by atoms with Gasteiger partial charge >= 0.3 is 5.97 Å². The summed E-state index contributed by atoms with van der Waals surface area (Å²) in [5.74, 6) is 0.166. The highest BCUT2D eigenvalue weighted by atomic mass is 16.5. The largest absolute Gasteiger partial charge is 0.504 e. The maximum absolute atomic E-state index is 11.7. The van der Waals surface area contributed by atoms with Gasteiger partial charge in [-0.3, -0.25) is 4.79 Å². The molecule has 0 amide bonds. The zero-order valence-corrected chi connectivity index (χ0v) is 11.1. The van der Waals surface area contributed by atoms with Crippen LogP contribution < -0.4 is 4.74 Å². The fourth-order valence-electron chi connectivity index (χ4n) is 1.73. The molecule has 0 spiro atoms. The Kier molecular flexibility index (Phi) is 5.49. The predicted octanol–water partition coefficient (Wildman–Crippen LogP) is 2.68. The summed E-state index contributed by atoms with van der Waals surface area (Å²) in [5, 5.41) is 9.44. The molecule has 0 radical (unpaired) electrons. The van der Waals surface area contributed by atoms with Crippen LogP contribution in [0.3, 0.4) is 0 Å². The van der Waals surface area contributed by atoms with Crippen LogP contribution in [-0.2, 0) is 16.0 Å². The molecule has 1 unspecified atom stereocenters. The van der Waals surface area contributed by atoms with Crippen LogP contribution in [0.25, 0.3) is 0 Å². The third kappa shape index (κ3) is 4.28. The average molecular weight is 252 g/mol. The minimum absolute atomic E-state index is 0.0542. The lowest BCUT2D eigenvalue weighted by atomic mass is 10.1. The molecule has 0 bridgehead atoms. The van der Waals surface area contributed by atoms with E-state index in [1.165, 1.54) is 13.2 Å². The van der Waals surface area contributed by atoms with E-state index in [4.69, 9.17) is 9.47 Å². The van der Waals surface area contributed by atoms with Crippen LogP contribution in [0.2, 0.25) is 0 Å². The van der Waals surface area contributed by atoms with E-state index in [1.807, 2.05) is 6.92 Å². The minimum atomic E-state index is -0.260. The third-order valence-electron chi connectivity index (χ3n) is 2.62. The maximum atomic E-state index is 11.7. The zero-order valence-electron chi connectivity index (χ0n) is 11.1. The van der Waals surface area contributed by atoms with Crippen LogP contribution in [0, 0.1) is 0 Å². The fourth-order valence-corrected chi connectivity index (χ4v) is 1.73. The number of phenolic OH excluding ortho intramolecular Hbond substituents is 1. The Morgan fingerprint density at radius 1 is 1.44 bits per heavy atom. The molecular weight excluding hydrogens is 232 g/mol. The topological polar surface area (TPSA) is 55.8 Å². The summed E-state index contributed by atoms with van der Waals surface area (Å²) in [4.78, 5) is 11.7. The SMILES string of the molecule is CCCC(C)OC(=O)Cc1ccc(O)c(OC)c1. The summed E-state index contributed by atoms with van der Waals surface area (Å²) in [7, 11) is 1.47. The molecule has 0 aromatic heterocycles. The lowest BCUT2D eigenvalue weighted by molar-refractivity contribution is -0.147. The van der Waals surface area contributed by atoms with E-state index in [-0.39, 0.29) is 24.2 Å². The van der Waals surface area contributed by atoms with Gasteiger partial charge in [0.2, 0.25) is 0 Å². The molecule has 0 aliphatic heterocycles. The number of carbonyl (C=O) groups excluding carboxylic acids is 1. The van der Waals surface area contributed by atoms with Gasteiger partial charge in [0.25, 0.3) is 0 Å². The molecule has 18 heavy (non-hydrogen) atoms. The van der Waals surface area contributed by atoms with Crippen molar-refractivity contribution in [2.24, 2.45) is 0 Å². The monoisotopic (exact) mass is 252 g/mol. The van der Waals surface area contributed by atoms with E-state index in [0.29, 0.717) is 5.75 Å². The predicted molar refractivity (Wildman–Crippen MR) is 68.8 cm³/mol. The second-order valence-electron chi connectivity index (χ2n) is 4.27. The van der Waals surface area contributed by atoms with Crippen molar-refractivity contribution in [1.82, 2.24) is 0 Å². The van der Waals surface area contributed by atoms with Gasteiger partial charge in [-0.25, -0.2) is 0 Å². The van der Waals surface area contributed by atoms with Gasteiger partial charge in [0.1, 0.15) is 0 Å². The first-order chi connectivity index (χ1) is 8.56. The summed E-state index contributed by atoms with van der Waals surface area (Å²) in [6, 6.07) is 4.83. The van der Waals surface area contributed by atoms with Crippen molar-refractivity contribution in [3.05, 3.63) is 23.8 Å². The molecule has 1 aromatic rings. The van der Waals surface area contributed by atoms with Gasteiger partial charge < -0.3 is 14.6 Å². The normalized spacial score (nSPS) is 11.9. The molecule has 0 saturated heterocycles. The molecule has 1 rings (SSSR count). The number of hydrogen-bond acceptors (Lipinski definition) is 4. The fraction of sp³-hybridized carbons (Fsp3) is 0.500. The van der Waals surface area contributed by atoms with Gasteiger partial charge in [-0.15, -0.1) is 0 Å². The molecule has 0 aliphatic carbocycles. The number of methoxy groups -OCH3 is 1. The Labute approximate surface area is 108 Å². The first kappa shape index (κ1) is 14.4. The van der Waals surface area contributed by atoms with E-state index in [9.17, 15) is 9.90 Å². The second-order valence-corrected chi connectivity index (χ2v) is 4.27. The lowest BCUT2D eigenvalue weighted by Crippen LogP contribution is -2.16. The standard InChI is InChI=1S/C14H20O4/c1-4-5-10(2)18-14(16)9-11-6-7-12(15)13(8-11)17-3/h6-8,10,15H,4-5,9H2,1-3H3. The van der Waals surface area contributed by atoms with E-state index in [2.05, 4.69) is 6.92 Å². The summed E-state index contributed by atoms with van der Waals surface area (Å²) in [6.07, 6.45) is 1.98. The van der Waals surface area contributed by atoms with E-state index in [0.717, 1.165) is 18.4 Å². The maximum Gasteiger partial charge on any atom is 0.310 e. The van der Waals surface area contributed by atoms with E-state index in [1.54, 1.807) is 12.1 Å². The molecule has 0 saturated carbocycles. The minimum Gasteiger partial charge on any atom is -0.504 e. The van der Waals surface area contributed by atoms with Gasteiger partial charge in [0.05, 0.1) is 19.6 Å². The molecule has 100 valence electrons. The highest BCUT2D eigenvalue weighted by molar-refractivity contribution is 5.73. The van der Waals surface area contributed by atoms with E-state index >= 15 is 0 Å². The number of carbonyl (C=O) groups is 1. The molecule has 0 fully saturated rings. The second kappa shape index (κ2) is 6.89. The first-order valence-electron chi connectivity index (χ1n) is 6.12. The number of rotatable bonds is 6. The summed E-state index contributed by atoms with van der Waals surface area (Å²) in [5.41, 5.74) is 0.762. The van der Waals surface area contributed by atoms with Crippen LogP contribution >= 0.6 is 0 Å². The molecular formula is C14H20O4. The van der Waals surface area contributed by atoms with Crippen molar-refractivity contribution in [2.75, 3.05) is 7.11 Å². The number of hydrogen-bond donors (Lipinski definition) is 1. The Hall–Kier alpha value is -1.71. The smallest absolute Gasteiger partial charge is 0.310 e. The van der Waals surface area contributed by atoms with Gasteiger partial charge in [-0.05, 0) is 31.0 Å². The van der Waals surface area contributed by atoms with Crippen LogP contribution in [0.15, 0.2) is 18.2 Å². The Morgan fingerprint density at radius 2 is 2.17 bits per heavy atom. The summed E-state index contributed by atoms with van der Waals surface area (Å²) in [6.45, 7) is 3.94. The highest BCUT2D eigenvalue weighted by Gasteiger charge is 2.11. The molecule has 1 aromatic carbocycles. The van der Waals surface area contributed by atoms with Gasteiger partial charge in [-0.2, -0.15) is 0 Å². The van der Waals surface area contributed by atoms with Crippen LogP contribution in [0.1, 0.15) is 32.3 Å². The highest BCUT2D eigenvalue weighted by Crippen LogP contribution is 2.26. The molecule has 1 atom stereocenters. The Balaban J connectivity index is 2.59. The molecule has 0 heterocycles. The Morgan fingerprint density at radius 3 is 2.78 bits per heavy atom. The van der Waals surface area contributed by atoms with Crippen molar-refractivity contribution in [1.29, 1.82) is 0 Å². The van der Waals surface area contributed by atoms with Crippen LogP contribution in [0.5, 0.6) is 11.5 Å². The number of phenols is 1. The lowest BCUT2D eigenvalue weighted by Gasteiger charge is -2.12. The number of esters is 1. The zero-order chi connectivity index (χ0) is 13.5. The van der Waals surface area contributed by atoms with Crippen LogP contribution in [-0.4, -0.2) is 24.3 Å². The number of benzene rings is 1. The molecule has 0 aliphatic rings. The molecule has 1 N–H and O–H groups in total. The Bertz CT molecular complexity index is 401. The van der Waals surface area contributed by atoms with Gasteiger partial charge in [0.15, 0.2) is 11.5 Å². The van der Waals surface area contributed by atoms with Gasteiger partial charge in [0, 0.05) is 0 Å². The number of aromatic hydroxyl groups is 1. The number of ether oxygens (including phenoxy) is 2. The van der Waals surface area contributed by atoms with Crippen molar-refractivity contribution >= 4 is 5.97 Å². The summed E-state index contributed by atoms with van der Waals surface area (Å²) >= 11 is 0. The average Bonchev–Trinajstić information content (AvgIpc) is 2.31. The van der Waals surface area contributed by atoms with Crippen molar-refractivity contribution in [3.63, 3.8) is 0 Å².